The second-order valence-corrected chi connectivity index (χ2v) is 5.07. The first-order chi connectivity index (χ1) is 8.22. The zero-order chi connectivity index (χ0) is 12.3. The number of hydrogen-bond acceptors (Lipinski definition) is 3. The molecule has 0 amide bonds. The van der Waals surface area contributed by atoms with E-state index in [1.54, 1.807) is 0 Å². The van der Waals surface area contributed by atoms with Gasteiger partial charge in [-0.3, -0.25) is 0 Å². The normalized spacial score (nSPS) is 18.5. The Kier molecular flexibility index (Phi) is 4.00. The van der Waals surface area contributed by atoms with Gasteiger partial charge in [-0.15, -0.1) is 0 Å². The lowest BCUT2D eigenvalue weighted by Crippen LogP contribution is -2.28. The van der Waals surface area contributed by atoms with Crippen LogP contribution in [0, 0.1) is 12.8 Å². The molecule has 0 bridgehead atoms. The van der Waals surface area contributed by atoms with Gasteiger partial charge in [0, 0.05) is 17.8 Å². The van der Waals surface area contributed by atoms with Crippen LogP contribution >= 0.6 is 0 Å². The highest BCUT2D eigenvalue weighted by molar-refractivity contribution is 5.43. The van der Waals surface area contributed by atoms with Crippen molar-refractivity contribution in [1.29, 1.82) is 0 Å². The highest BCUT2D eigenvalue weighted by Crippen LogP contribution is 2.37. The Labute approximate surface area is 104 Å². The number of nitrogen functional groups attached to an aromatic ring is 1. The minimum absolute atomic E-state index is 0.384. The summed E-state index contributed by atoms with van der Waals surface area (Å²) in [4.78, 5) is 4.29. The number of hydrogen-bond donors (Lipinski definition) is 2. The average molecular weight is 233 g/mol. The molecule has 17 heavy (non-hydrogen) atoms. The van der Waals surface area contributed by atoms with Gasteiger partial charge in [0.25, 0.3) is 0 Å². The molecule has 3 heteroatoms. The summed E-state index contributed by atoms with van der Waals surface area (Å²) in [6.07, 6.45) is 7.17. The molecule has 1 unspecified atom stereocenters. The lowest BCUT2D eigenvalue weighted by molar-refractivity contribution is 0.375. The minimum Gasteiger partial charge on any atom is -0.383 e. The van der Waals surface area contributed by atoms with E-state index >= 15 is 0 Å². The quantitative estimate of drug-likeness (QED) is 0.840. The van der Waals surface area contributed by atoms with Crippen molar-refractivity contribution < 1.29 is 0 Å². The van der Waals surface area contributed by atoms with Crippen LogP contribution in [0.3, 0.4) is 0 Å². The van der Waals surface area contributed by atoms with Crippen molar-refractivity contribution >= 4 is 5.82 Å². The van der Waals surface area contributed by atoms with Gasteiger partial charge in [0.2, 0.25) is 0 Å². The Morgan fingerprint density at radius 1 is 1.47 bits per heavy atom. The summed E-state index contributed by atoms with van der Waals surface area (Å²) in [7, 11) is 0. The number of aryl methyl sites for hydroxylation is 1. The summed E-state index contributed by atoms with van der Waals surface area (Å²) in [6.45, 7) is 5.21. The van der Waals surface area contributed by atoms with E-state index in [0.29, 0.717) is 11.9 Å². The fourth-order valence-electron chi connectivity index (χ4n) is 2.89. The van der Waals surface area contributed by atoms with Crippen molar-refractivity contribution in [3.8, 4) is 0 Å². The molecule has 0 saturated heterocycles. The van der Waals surface area contributed by atoms with Crippen LogP contribution in [0.15, 0.2) is 12.3 Å². The third-order valence-electron chi connectivity index (χ3n) is 3.72. The Morgan fingerprint density at radius 2 is 2.18 bits per heavy atom. The van der Waals surface area contributed by atoms with Gasteiger partial charge in [-0.05, 0) is 43.9 Å². The first-order valence-corrected chi connectivity index (χ1v) is 6.67. The summed E-state index contributed by atoms with van der Waals surface area (Å²) >= 11 is 0. The third kappa shape index (κ3) is 2.78. The van der Waals surface area contributed by atoms with Crippen LogP contribution in [-0.4, -0.2) is 11.5 Å². The van der Waals surface area contributed by atoms with Gasteiger partial charge in [0.1, 0.15) is 5.82 Å². The molecule has 1 fully saturated rings. The predicted molar refractivity (Wildman–Crippen MR) is 71.8 cm³/mol. The second-order valence-electron chi connectivity index (χ2n) is 5.07. The molecule has 1 aromatic rings. The summed E-state index contributed by atoms with van der Waals surface area (Å²) in [5.74, 6) is 1.41. The maximum Gasteiger partial charge on any atom is 0.128 e. The monoisotopic (exact) mass is 233 g/mol. The Morgan fingerprint density at radius 3 is 2.82 bits per heavy atom. The molecular weight excluding hydrogens is 210 g/mol. The van der Waals surface area contributed by atoms with Crippen molar-refractivity contribution in [2.45, 2.75) is 45.6 Å². The molecule has 0 spiro atoms. The first-order valence-electron chi connectivity index (χ1n) is 6.67. The van der Waals surface area contributed by atoms with Crippen LogP contribution < -0.4 is 11.1 Å². The molecule has 1 aromatic heterocycles. The molecule has 1 aliphatic carbocycles. The molecule has 0 aromatic carbocycles. The number of nitrogens with two attached hydrogens (primary N) is 1. The SMILES string of the molecule is CCNC(c1cc(C)cnc1N)C1CCCC1. The molecule has 0 radical (unpaired) electrons. The lowest BCUT2D eigenvalue weighted by atomic mass is 9.91. The number of nitrogens with one attached hydrogen (secondary N) is 1. The summed E-state index contributed by atoms with van der Waals surface area (Å²) < 4.78 is 0. The Bertz CT molecular complexity index is 370. The fraction of sp³-hybridized carbons (Fsp3) is 0.643. The van der Waals surface area contributed by atoms with Gasteiger partial charge >= 0.3 is 0 Å². The summed E-state index contributed by atoms with van der Waals surface area (Å²) in [5, 5.41) is 3.59. The Balaban J connectivity index is 2.27. The highest BCUT2D eigenvalue weighted by Gasteiger charge is 2.27. The molecular formula is C14H23N3. The minimum atomic E-state index is 0.384. The number of aromatic nitrogens is 1. The number of pyridine rings is 1. The third-order valence-corrected chi connectivity index (χ3v) is 3.72. The zero-order valence-electron chi connectivity index (χ0n) is 10.9. The van der Waals surface area contributed by atoms with Crippen LogP contribution in [0.5, 0.6) is 0 Å². The van der Waals surface area contributed by atoms with Gasteiger partial charge < -0.3 is 11.1 Å². The molecule has 3 nitrogen and oxygen atoms in total. The van der Waals surface area contributed by atoms with Crippen molar-refractivity contribution in [3.05, 3.63) is 23.4 Å². The largest absolute Gasteiger partial charge is 0.383 e. The topological polar surface area (TPSA) is 50.9 Å². The highest BCUT2D eigenvalue weighted by atomic mass is 14.9. The molecule has 2 rings (SSSR count). The van der Waals surface area contributed by atoms with E-state index in [4.69, 9.17) is 5.73 Å². The van der Waals surface area contributed by atoms with E-state index < -0.39 is 0 Å². The van der Waals surface area contributed by atoms with Crippen LogP contribution in [0.1, 0.15) is 49.8 Å². The zero-order valence-corrected chi connectivity index (χ0v) is 10.9. The smallest absolute Gasteiger partial charge is 0.128 e. The van der Waals surface area contributed by atoms with Crippen molar-refractivity contribution in [1.82, 2.24) is 10.3 Å². The predicted octanol–water partition coefficient (Wildman–Crippen LogP) is 2.81. The first kappa shape index (κ1) is 12.4. The van der Waals surface area contributed by atoms with Crippen molar-refractivity contribution in [3.63, 3.8) is 0 Å². The Hall–Kier alpha value is -1.09. The molecule has 1 heterocycles. The van der Waals surface area contributed by atoms with Crippen LogP contribution in [0.25, 0.3) is 0 Å². The molecule has 0 aliphatic heterocycles. The summed E-state index contributed by atoms with van der Waals surface area (Å²) in [5.41, 5.74) is 8.42. The van der Waals surface area contributed by atoms with Crippen LogP contribution in [0.2, 0.25) is 0 Å². The number of nitrogens with zero attached hydrogens (tertiary/aromatic N) is 1. The number of rotatable bonds is 4. The standard InChI is InChI=1S/C14H23N3/c1-3-16-13(11-6-4-5-7-11)12-8-10(2)9-17-14(12)15/h8-9,11,13,16H,3-7H2,1-2H3,(H2,15,17). The van der Waals surface area contributed by atoms with E-state index in [9.17, 15) is 0 Å². The summed E-state index contributed by atoms with van der Waals surface area (Å²) in [6, 6.07) is 2.57. The molecule has 94 valence electrons. The maximum absolute atomic E-state index is 6.04. The molecule has 3 N–H and O–H groups in total. The average Bonchev–Trinajstić information content (AvgIpc) is 2.83. The molecule has 1 aliphatic rings. The van der Waals surface area contributed by atoms with E-state index in [-0.39, 0.29) is 0 Å². The van der Waals surface area contributed by atoms with E-state index in [1.807, 2.05) is 6.20 Å². The fourth-order valence-corrected chi connectivity index (χ4v) is 2.89. The van der Waals surface area contributed by atoms with Gasteiger partial charge in [-0.25, -0.2) is 4.98 Å². The van der Waals surface area contributed by atoms with Crippen molar-refractivity contribution in [2.24, 2.45) is 5.92 Å². The van der Waals surface area contributed by atoms with Gasteiger partial charge in [-0.2, -0.15) is 0 Å². The second kappa shape index (κ2) is 5.50. The number of anilines is 1. The van der Waals surface area contributed by atoms with Crippen LogP contribution in [0.4, 0.5) is 5.82 Å². The van der Waals surface area contributed by atoms with Crippen molar-refractivity contribution in [2.75, 3.05) is 12.3 Å². The molecule has 1 atom stereocenters. The van der Waals surface area contributed by atoms with E-state index in [0.717, 1.165) is 12.5 Å². The lowest BCUT2D eigenvalue weighted by Gasteiger charge is -2.25. The van der Waals surface area contributed by atoms with E-state index in [2.05, 4.69) is 30.2 Å². The van der Waals surface area contributed by atoms with Gasteiger partial charge in [0.15, 0.2) is 0 Å². The van der Waals surface area contributed by atoms with Gasteiger partial charge in [-0.1, -0.05) is 19.8 Å². The molecule has 1 saturated carbocycles. The van der Waals surface area contributed by atoms with Gasteiger partial charge in [0.05, 0.1) is 0 Å². The maximum atomic E-state index is 6.04. The van der Waals surface area contributed by atoms with E-state index in [1.165, 1.54) is 36.8 Å². The van der Waals surface area contributed by atoms with Crippen LogP contribution in [-0.2, 0) is 0 Å².